The molecule has 1 aromatic carbocycles. The summed E-state index contributed by atoms with van der Waals surface area (Å²) in [6.07, 6.45) is 2.72. The summed E-state index contributed by atoms with van der Waals surface area (Å²) in [5.41, 5.74) is 1.52. The van der Waals surface area contributed by atoms with Crippen LogP contribution in [0.5, 0.6) is 0 Å². The lowest BCUT2D eigenvalue weighted by Gasteiger charge is -2.60. The van der Waals surface area contributed by atoms with E-state index in [9.17, 15) is 4.39 Å². The van der Waals surface area contributed by atoms with Crippen molar-refractivity contribution in [2.75, 3.05) is 6.61 Å². The van der Waals surface area contributed by atoms with Gasteiger partial charge in [-0.3, -0.25) is 0 Å². The lowest BCUT2D eigenvalue weighted by molar-refractivity contribution is -0.192. The molecule has 2 N–H and O–H groups in total. The predicted molar refractivity (Wildman–Crippen MR) is 79.2 cm³/mol. The summed E-state index contributed by atoms with van der Waals surface area (Å²) in [5.74, 6) is 0.248. The number of nitrogens with one attached hydrogen (secondary N) is 1. The van der Waals surface area contributed by atoms with Crippen molar-refractivity contribution in [1.82, 2.24) is 5.32 Å². The van der Waals surface area contributed by atoms with Gasteiger partial charge < -0.3 is 15.2 Å². The third-order valence-electron chi connectivity index (χ3n) is 5.14. The normalized spacial score (nSPS) is 30.6. The molecule has 0 aromatic heterocycles. The van der Waals surface area contributed by atoms with Crippen LogP contribution < -0.4 is 5.32 Å². The van der Waals surface area contributed by atoms with Gasteiger partial charge in [0.1, 0.15) is 5.82 Å². The zero-order valence-corrected chi connectivity index (χ0v) is 12.7. The van der Waals surface area contributed by atoms with Gasteiger partial charge in [-0.2, -0.15) is 0 Å². The van der Waals surface area contributed by atoms with E-state index >= 15 is 0 Å². The minimum absolute atomic E-state index is 0.144. The van der Waals surface area contributed by atoms with Crippen molar-refractivity contribution >= 4 is 0 Å². The summed E-state index contributed by atoms with van der Waals surface area (Å²) in [7, 11) is 0. The molecule has 0 spiro atoms. The van der Waals surface area contributed by atoms with E-state index in [2.05, 4.69) is 19.2 Å². The maximum atomic E-state index is 13.4. The van der Waals surface area contributed by atoms with Gasteiger partial charge in [-0.25, -0.2) is 4.39 Å². The van der Waals surface area contributed by atoms with E-state index in [1.807, 2.05) is 0 Å². The summed E-state index contributed by atoms with van der Waals surface area (Å²) < 4.78 is 19.3. The molecular formula is C17H24FNO2. The van der Waals surface area contributed by atoms with Gasteiger partial charge in [0.25, 0.3) is 0 Å². The fraction of sp³-hybridized carbons (Fsp3) is 0.647. The Labute approximate surface area is 125 Å². The van der Waals surface area contributed by atoms with Crippen LogP contribution in [0.3, 0.4) is 0 Å². The topological polar surface area (TPSA) is 41.5 Å². The summed E-state index contributed by atoms with van der Waals surface area (Å²) in [5, 5.41) is 12.7. The van der Waals surface area contributed by atoms with E-state index in [-0.39, 0.29) is 17.8 Å². The molecule has 1 heterocycles. The molecule has 0 radical (unpaired) electrons. The van der Waals surface area contributed by atoms with Crippen molar-refractivity contribution < 1.29 is 14.2 Å². The summed E-state index contributed by atoms with van der Waals surface area (Å²) >= 11 is 0. The predicted octanol–water partition coefficient (Wildman–Crippen LogP) is 2.61. The fourth-order valence-corrected chi connectivity index (χ4v) is 4.02. The average molecular weight is 293 g/mol. The van der Waals surface area contributed by atoms with Crippen LogP contribution in [0.4, 0.5) is 4.39 Å². The van der Waals surface area contributed by atoms with E-state index in [1.54, 1.807) is 12.1 Å². The Balaban J connectivity index is 1.65. The van der Waals surface area contributed by atoms with E-state index in [0.717, 1.165) is 18.6 Å². The minimum Gasteiger partial charge on any atom is -0.392 e. The van der Waals surface area contributed by atoms with Crippen LogP contribution in [0.15, 0.2) is 18.2 Å². The number of rotatable bonds is 4. The molecule has 116 valence electrons. The van der Waals surface area contributed by atoms with Crippen LogP contribution in [0.2, 0.25) is 0 Å². The summed E-state index contributed by atoms with van der Waals surface area (Å²) in [4.78, 5) is 0. The molecule has 0 amide bonds. The second kappa shape index (κ2) is 5.67. The molecule has 1 aliphatic heterocycles. The zero-order chi connectivity index (χ0) is 15.0. The fourth-order valence-electron chi connectivity index (χ4n) is 4.02. The third kappa shape index (κ3) is 2.60. The van der Waals surface area contributed by atoms with Crippen LogP contribution in [0.25, 0.3) is 0 Å². The van der Waals surface area contributed by atoms with Gasteiger partial charge in [-0.05, 0) is 30.5 Å². The Hall–Kier alpha value is -0.970. The van der Waals surface area contributed by atoms with Gasteiger partial charge in [0.2, 0.25) is 0 Å². The highest BCUT2D eigenvalue weighted by molar-refractivity contribution is 5.25. The smallest absolute Gasteiger partial charge is 0.128 e. The molecular weight excluding hydrogens is 269 g/mol. The first-order chi connectivity index (χ1) is 10.0. The molecule has 1 saturated heterocycles. The monoisotopic (exact) mass is 293 g/mol. The Morgan fingerprint density at radius 3 is 3.00 bits per heavy atom. The van der Waals surface area contributed by atoms with Gasteiger partial charge in [-0.15, -0.1) is 0 Å². The first-order valence-electron chi connectivity index (χ1n) is 7.77. The Morgan fingerprint density at radius 2 is 2.24 bits per heavy atom. The largest absolute Gasteiger partial charge is 0.392 e. The Bertz CT molecular complexity index is 518. The number of aliphatic hydroxyl groups is 1. The first kappa shape index (κ1) is 14.9. The molecule has 4 heteroatoms. The Kier molecular flexibility index (Phi) is 4.04. The average Bonchev–Trinajstić information content (AvgIpc) is 2.49. The second-order valence-corrected chi connectivity index (χ2v) is 6.86. The van der Waals surface area contributed by atoms with Crippen molar-refractivity contribution in [3.63, 3.8) is 0 Å². The summed E-state index contributed by atoms with van der Waals surface area (Å²) in [6, 6.07) is 5.39. The van der Waals surface area contributed by atoms with Crippen molar-refractivity contribution in [2.24, 2.45) is 11.3 Å². The molecule has 2 aliphatic rings. The molecule has 1 saturated carbocycles. The maximum Gasteiger partial charge on any atom is 0.128 e. The standard InChI is InChI=1S/C17H24FNO2/c1-17(2)15(13-4-3-7-21-16(13)17)19-9-11-5-6-14(18)12(8-11)10-20/h5-6,8,13,15-16,19-20H,3-4,7,9-10H2,1-2H3. The van der Waals surface area contributed by atoms with Crippen molar-refractivity contribution in [3.8, 4) is 0 Å². The minimum atomic E-state index is -0.342. The zero-order valence-electron chi connectivity index (χ0n) is 12.7. The molecule has 3 unspecified atom stereocenters. The van der Waals surface area contributed by atoms with E-state index < -0.39 is 0 Å². The lowest BCUT2D eigenvalue weighted by atomic mass is 9.55. The Morgan fingerprint density at radius 1 is 1.43 bits per heavy atom. The number of benzene rings is 1. The highest BCUT2D eigenvalue weighted by atomic mass is 19.1. The van der Waals surface area contributed by atoms with Crippen LogP contribution in [-0.4, -0.2) is 23.9 Å². The highest BCUT2D eigenvalue weighted by Crippen LogP contribution is 2.51. The van der Waals surface area contributed by atoms with Crippen LogP contribution >= 0.6 is 0 Å². The molecule has 2 fully saturated rings. The van der Waals surface area contributed by atoms with Gasteiger partial charge in [0.15, 0.2) is 0 Å². The molecule has 1 aliphatic carbocycles. The number of fused-ring (bicyclic) bond motifs is 1. The van der Waals surface area contributed by atoms with Crippen molar-refractivity contribution in [3.05, 3.63) is 35.1 Å². The van der Waals surface area contributed by atoms with E-state index in [4.69, 9.17) is 9.84 Å². The molecule has 3 rings (SSSR count). The van der Waals surface area contributed by atoms with Gasteiger partial charge in [0.05, 0.1) is 12.7 Å². The number of hydrogen-bond acceptors (Lipinski definition) is 3. The van der Waals surface area contributed by atoms with Crippen LogP contribution in [0, 0.1) is 17.2 Å². The van der Waals surface area contributed by atoms with Crippen molar-refractivity contribution in [2.45, 2.75) is 52.0 Å². The van der Waals surface area contributed by atoms with E-state index in [1.165, 1.54) is 12.5 Å². The number of ether oxygens (including phenoxy) is 1. The van der Waals surface area contributed by atoms with E-state index in [0.29, 0.717) is 30.2 Å². The van der Waals surface area contributed by atoms with Crippen molar-refractivity contribution in [1.29, 1.82) is 0 Å². The van der Waals surface area contributed by atoms with Crippen LogP contribution in [0.1, 0.15) is 37.8 Å². The molecule has 3 nitrogen and oxygen atoms in total. The molecule has 21 heavy (non-hydrogen) atoms. The van der Waals surface area contributed by atoms with Crippen LogP contribution in [-0.2, 0) is 17.9 Å². The first-order valence-corrected chi connectivity index (χ1v) is 7.77. The highest BCUT2D eigenvalue weighted by Gasteiger charge is 2.57. The maximum absolute atomic E-state index is 13.4. The number of halogens is 1. The van der Waals surface area contributed by atoms with Gasteiger partial charge in [-0.1, -0.05) is 19.9 Å². The number of hydrogen-bond donors (Lipinski definition) is 2. The summed E-state index contributed by atoms with van der Waals surface area (Å²) in [6.45, 7) is 5.83. The molecule has 1 aromatic rings. The van der Waals surface area contributed by atoms with Gasteiger partial charge in [0, 0.05) is 36.1 Å². The quantitative estimate of drug-likeness (QED) is 0.896. The SMILES string of the molecule is CC1(C)C(NCc2ccc(F)c(CO)c2)C2CCCOC21. The third-order valence-corrected chi connectivity index (χ3v) is 5.14. The molecule has 3 atom stereocenters. The molecule has 0 bridgehead atoms. The lowest BCUT2D eigenvalue weighted by Crippen LogP contribution is -2.69. The number of aliphatic hydroxyl groups excluding tert-OH is 1. The van der Waals surface area contributed by atoms with Gasteiger partial charge >= 0.3 is 0 Å². The second-order valence-electron chi connectivity index (χ2n) is 6.86.